The molecule has 0 rings (SSSR count). The largest absolute Gasteiger partial charge is 0.392 e. The van der Waals surface area contributed by atoms with Gasteiger partial charge in [-0.15, -0.1) is 0 Å². The van der Waals surface area contributed by atoms with Crippen LogP contribution in [0.4, 0.5) is 26.3 Å². The Labute approximate surface area is 65.6 Å². The summed E-state index contributed by atoms with van der Waals surface area (Å²) in [5.74, 6) is -3.99. The predicted molar refractivity (Wildman–Crippen MR) is 30.5 cm³/mol. The molecule has 0 spiro atoms. The molecule has 0 bridgehead atoms. The molecule has 0 unspecified atom stereocenters. The zero-order chi connectivity index (χ0) is 9.99. The number of halogens is 6. The molecule has 0 saturated heterocycles. The summed E-state index contributed by atoms with van der Waals surface area (Å²) in [6.07, 6.45) is -11.4. The van der Waals surface area contributed by atoms with Gasteiger partial charge in [0.15, 0.2) is 6.17 Å². The smallest absolute Gasteiger partial charge is 0.240 e. The van der Waals surface area contributed by atoms with Gasteiger partial charge in [0, 0.05) is 6.42 Å². The fourth-order valence-corrected chi connectivity index (χ4v) is 0.509. The third-order valence-corrected chi connectivity index (χ3v) is 1.20. The van der Waals surface area contributed by atoms with Crippen LogP contribution in [-0.4, -0.2) is 18.3 Å². The highest BCUT2D eigenvalue weighted by atomic mass is 19.4. The lowest BCUT2D eigenvalue weighted by Gasteiger charge is -2.19. The summed E-state index contributed by atoms with van der Waals surface area (Å²) >= 11 is 0. The van der Waals surface area contributed by atoms with E-state index in [9.17, 15) is 26.3 Å². The highest BCUT2D eigenvalue weighted by Gasteiger charge is 2.45. The fraction of sp³-hybridized carbons (Fsp3) is 0.833. The van der Waals surface area contributed by atoms with E-state index < -0.39 is 31.1 Å². The molecule has 0 aliphatic rings. The molecule has 0 aromatic carbocycles. The van der Waals surface area contributed by atoms with Crippen molar-refractivity contribution in [3.05, 3.63) is 6.92 Å². The Morgan fingerprint density at radius 2 is 1.50 bits per heavy atom. The van der Waals surface area contributed by atoms with Gasteiger partial charge in [0.2, 0.25) is 0 Å². The first kappa shape index (κ1) is 11.6. The number of rotatable bonds is 3. The van der Waals surface area contributed by atoms with Gasteiger partial charge in [-0.05, 0) is 6.92 Å². The first-order valence-electron chi connectivity index (χ1n) is 3.07. The van der Waals surface area contributed by atoms with Crippen LogP contribution in [0.5, 0.6) is 0 Å². The van der Waals surface area contributed by atoms with Crippen molar-refractivity contribution in [1.82, 2.24) is 0 Å². The van der Waals surface area contributed by atoms with Crippen molar-refractivity contribution in [3.63, 3.8) is 0 Å². The van der Waals surface area contributed by atoms with Gasteiger partial charge in [-0.1, -0.05) is 0 Å². The molecule has 0 N–H and O–H groups in total. The Balaban J connectivity index is 4.13. The zero-order valence-corrected chi connectivity index (χ0v) is 5.97. The molecule has 12 heavy (non-hydrogen) atoms. The van der Waals surface area contributed by atoms with Crippen molar-refractivity contribution in [2.45, 2.75) is 31.1 Å². The third kappa shape index (κ3) is 3.82. The topological polar surface area (TPSA) is 0 Å². The van der Waals surface area contributed by atoms with Crippen molar-refractivity contribution in [1.29, 1.82) is 0 Å². The lowest BCUT2D eigenvalue weighted by atomic mass is 10.1. The lowest BCUT2D eigenvalue weighted by molar-refractivity contribution is -0.176. The number of hydrogen-bond donors (Lipinski definition) is 0. The second kappa shape index (κ2) is 3.53. The summed E-state index contributed by atoms with van der Waals surface area (Å²) < 4.78 is 70.6. The Kier molecular flexibility index (Phi) is 3.41. The highest BCUT2D eigenvalue weighted by Crippen LogP contribution is 2.33. The molecule has 1 radical (unpaired) electrons. The summed E-state index contributed by atoms with van der Waals surface area (Å²) in [5, 5.41) is 0. The van der Waals surface area contributed by atoms with E-state index in [0.29, 0.717) is 0 Å². The monoisotopic (exact) mass is 193 g/mol. The molecule has 6 heteroatoms. The number of alkyl halides is 6. The SMILES string of the molecule is [CH2]CC(F)(F)[C@@H](F)CC(F)(F)F. The minimum atomic E-state index is -4.90. The lowest BCUT2D eigenvalue weighted by Crippen LogP contribution is -2.33. The average Bonchev–Trinajstić information content (AvgIpc) is 1.84. The van der Waals surface area contributed by atoms with Crippen LogP contribution in [0.15, 0.2) is 0 Å². The van der Waals surface area contributed by atoms with Crippen LogP contribution in [0.2, 0.25) is 0 Å². The predicted octanol–water partition coefficient (Wildman–Crippen LogP) is 3.14. The number of hydrogen-bond acceptors (Lipinski definition) is 0. The van der Waals surface area contributed by atoms with E-state index in [-0.39, 0.29) is 0 Å². The van der Waals surface area contributed by atoms with E-state index in [2.05, 4.69) is 6.92 Å². The summed E-state index contributed by atoms with van der Waals surface area (Å²) in [5.41, 5.74) is 0. The van der Waals surface area contributed by atoms with Crippen molar-refractivity contribution in [2.75, 3.05) is 0 Å². The van der Waals surface area contributed by atoms with E-state index in [0.717, 1.165) is 0 Å². The zero-order valence-electron chi connectivity index (χ0n) is 5.97. The molecule has 0 nitrogen and oxygen atoms in total. The highest BCUT2D eigenvalue weighted by molar-refractivity contribution is 4.79. The molecular formula is C6H7F6. The van der Waals surface area contributed by atoms with E-state index in [1.165, 1.54) is 0 Å². The van der Waals surface area contributed by atoms with E-state index in [1.54, 1.807) is 0 Å². The molecule has 0 aromatic heterocycles. The normalized spacial score (nSPS) is 16.2. The van der Waals surface area contributed by atoms with Crippen LogP contribution in [-0.2, 0) is 0 Å². The van der Waals surface area contributed by atoms with Gasteiger partial charge in [-0.25, -0.2) is 13.2 Å². The van der Waals surface area contributed by atoms with Gasteiger partial charge < -0.3 is 0 Å². The molecule has 0 amide bonds. The standard InChI is InChI=1S/C6H7F6/c1-2-5(8,9)4(7)3-6(10,11)12/h4H,1-3H2/t4-/m0/s1. The molecule has 0 saturated carbocycles. The Morgan fingerprint density at radius 3 is 1.75 bits per heavy atom. The van der Waals surface area contributed by atoms with Gasteiger partial charge in [0.1, 0.15) is 0 Å². The maximum Gasteiger partial charge on any atom is 0.392 e. The van der Waals surface area contributed by atoms with Crippen molar-refractivity contribution >= 4 is 0 Å². The molecule has 0 aliphatic carbocycles. The second-order valence-electron chi connectivity index (χ2n) is 2.30. The Hall–Kier alpha value is -0.420. The summed E-state index contributed by atoms with van der Waals surface area (Å²) in [6, 6.07) is 0. The first-order valence-corrected chi connectivity index (χ1v) is 3.07. The van der Waals surface area contributed by atoms with Gasteiger partial charge in [0.05, 0.1) is 6.42 Å². The van der Waals surface area contributed by atoms with Crippen LogP contribution in [0.3, 0.4) is 0 Å². The van der Waals surface area contributed by atoms with Crippen LogP contribution in [0.1, 0.15) is 12.8 Å². The molecule has 0 heterocycles. The molecule has 1 atom stereocenters. The Morgan fingerprint density at radius 1 is 1.08 bits per heavy atom. The molecular weight excluding hydrogens is 186 g/mol. The first-order chi connectivity index (χ1) is 5.19. The molecule has 0 aliphatic heterocycles. The van der Waals surface area contributed by atoms with Crippen LogP contribution >= 0.6 is 0 Å². The van der Waals surface area contributed by atoms with Gasteiger partial charge in [-0.3, -0.25) is 0 Å². The fourth-order valence-electron chi connectivity index (χ4n) is 0.509. The Bertz CT molecular complexity index is 137. The van der Waals surface area contributed by atoms with Crippen LogP contribution < -0.4 is 0 Å². The van der Waals surface area contributed by atoms with Gasteiger partial charge in [0.25, 0.3) is 5.92 Å². The van der Waals surface area contributed by atoms with Crippen LogP contribution in [0, 0.1) is 6.92 Å². The quantitative estimate of drug-likeness (QED) is 0.604. The van der Waals surface area contributed by atoms with Crippen LogP contribution in [0.25, 0.3) is 0 Å². The minimum Gasteiger partial charge on any atom is -0.240 e. The summed E-state index contributed by atoms with van der Waals surface area (Å²) in [4.78, 5) is 0. The van der Waals surface area contributed by atoms with E-state index in [4.69, 9.17) is 0 Å². The van der Waals surface area contributed by atoms with Crippen molar-refractivity contribution < 1.29 is 26.3 Å². The molecule has 0 fully saturated rings. The van der Waals surface area contributed by atoms with Gasteiger partial charge in [-0.2, -0.15) is 13.2 Å². The van der Waals surface area contributed by atoms with E-state index in [1.807, 2.05) is 0 Å². The van der Waals surface area contributed by atoms with Crippen molar-refractivity contribution in [2.24, 2.45) is 0 Å². The average molecular weight is 193 g/mol. The molecule has 73 valence electrons. The van der Waals surface area contributed by atoms with Crippen molar-refractivity contribution in [3.8, 4) is 0 Å². The summed E-state index contributed by atoms with van der Waals surface area (Å²) in [7, 11) is 0. The van der Waals surface area contributed by atoms with Gasteiger partial charge >= 0.3 is 6.18 Å². The minimum absolute atomic E-state index is 1.18. The second-order valence-corrected chi connectivity index (χ2v) is 2.30. The van der Waals surface area contributed by atoms with E-state index >= 15 is 0 Å². The molecule has 0 aromatic rings. The summed E-state index contributed by atoms with van der Waals surface area (Å²) in [6.45, 7) is 2.65. The maximum absolute atomic E-state index is 12.2. The third-order valence-electron chi connectivity index (χ3n) is 1.20. The maximum atomic E-state index is 12.2.